The van der Waals surface area contributed by atoms with Gasteiger partial charge >= 0.3 is 6.09 Å². The maximum absolute atomic E-state index is 11.8. The van der Waals surface area contributed by atoms with Gasteiger partial charge < -0.3 is 10.5 Å². The summed E-state index contributed by atoms with van der Waals surface area (Å²) in [6.07, 6.45) is 0.0918. The molecule has 0 bridgehead atoms. The normalized spacial score (nSPS) is 19.6. The van der Waals surface area contributed by atoms with Gasteiger partial charge in [0.2, 0.25) is 0 Å². The lowest BCUT2D eigenvalue weighted by Crippen LogP contribution is -2.44. The van der Waals surface area contributed by atoms with E-state index in [0.29, 0.717) is 30.8 Å². The number of ether oxygens (including phenoxy) is 1. The van der Waals surface area contributed by atoms with Crippen molar-refractivity contribution >= 4 is 17.6 Å². The van der Waals surface area contributed by atoms with Gasteiger partial charge in [-0.25, -0.2) is 4.79 Å². The average molecular weight is 248 g/mol. The molecule has 1 fully saturated rings. The van der Waals surface area contributed by atoms with E-state index in [9.17, 15) is 9.59 Å². The van der Waals surface area contributed by atoms with E-state index in [1.165, 1.54) is 11.8 Å². The van der Waals surface area contributed by atoms with E-state index in [2.05, 4.69) is 0 Å². The fourth-order valence-corrected chi connectivity index (χ4v) is 1.92. The van der Waals surface area contributed by atoms with Crippen LogP contribution in [-0.4, -0.2) is 31.1 Å². The molecule has 1 atom stereocenters. The third-order valence-electron chi connectivity index (χ3n) is 2.99. The lowest BCUT2D eigenvalue weighted by molar-refractivity contribution is 0.0886. The highest BCUT2D eigenvalue weighted by Crippen LogP contribution is 2.22. The van der Waals surface area contributed by atoms with Crippen molar-refractivity contribution in [2.45, 2.75) is 19.4 Å². The van der Waals surface area contributed by atoms with Gasteiger partial charge in [0.05, 0.1) is 0 Å². The van der Waals surface area contributed by atoms with Gasteiger partial charge in [-0.1, -0.05) is 12.1 Å². The van der Waals surface area contributed by atoms with E-state index < -0.39 is 6.09 Å². The van der Waals surface area contributed by atoms with E-state index in [0.717, 1.165) is 0 Å². The Morgan fingerprint density at radius 3 is 2.94 bits per heavy atom. The predicted octanol–water partition coefficient (Wildman–Crippen LogP) is 1.56. The molecule has 0 radical (unpaired) electrons. The summed E-state index contributed by atoms with van der Waals surface area (Å²) in [7, 11) is 0. The largest absolute Gasteiger partial charge is 0.444 e. The summed E-state index contributed by atoms with van der Waals surface area (Å²) in [4.78, 5) is 24.6. The fourth-order valence-electron chi connectivity index (χ4n) is 1.92. The minimum atomic E-state index is -0.405. The molecule has 0 spiro atoms. The van der Waals surface area contributed by atoms with Crippen molar-refractivity contribution in [3.05, 3.63) is 29.8 Å². The van der Waals surface area contributed by atoms with Crippen molar-refractivity contribution in [3.8, 4) is 0 Å². The first-order valence-electron chi connectivity index (χ1n) is 5.91. The van der Waals surface area contributed by atoms with Crippen LogP contribution in [0.1, 0.15) is 23.7 Å². The van der Waals surface area contributed by atoms with Crippen LogP contribution in [0, 0.1) is 0 Å². The predicted molar refractivity (Wildman–Crippen MR) is 67.7 cm³/mol. The monoisotopic (exact) mass is 248 g/mol. The van der Waals surface area contributed by atoms with Crippen LogP contribution in [0.15, 0.2) is 24.3 Å². The molecule has 5 heteroatoms. The summed E-state index contributed by atoms with van der Waals surface area (Å²) in [6.45, 7) is 2.40. The molecule has 1 aliphatic rings. The van der Waals surface area contributed by atoms with Crippen LogP contribution in [0.25, 0.3) is 0 Å². The standard InChI is InChI=1S/C13H16N2O3/c1-9(16)10-3-2-4-11(7-10)15-6-5-12(8-14)18-13(15)17/h2-4,7,12H,5-6,8,14H2,1H3. The van der Waals surface area contributed by atoms with Gasteiger partial charge in [-0.2, -0.15) is 0 Å². The molecule has 18 heavy (non-hydrogen) atoms. The number of ketones is 1. The SMILES string of the molecule is CC(=O)c1cccc(N2CCC(CN)OC2=O)c1. The Balaban J connectivity index is 2.19. The number of carbonyl (C=O) groups is 2. The summed E-state index contributed by atoms with van der Waals surface area (Å²) in [6, 6.07) is 6.97. The number of rotatable bonds is 3. The molecule has 5 nitrogen and oxygen atoms in total. The number of anilines is 1. The molecule has 0 saturated carbocycles. The number of nitrogens with two attached hydrogens (primary N) is 1. The molecule has 1 aromatic carbocycles. The molecular weight excluding hydrogens is 232 g/mol. The highest BCUT2D eigenvalue weighted by atomic mass is 16.6. The van der Waals surface area contributed by atoms with Gasteiger partial charge in [0.1, 0.15) is 6.10 Å². The zero-order valence-corrected chi connectivity index (χ0v) is 10.3. The highest BCUT2D eigenvalue weighted by molar-refractivity contribution is 5.96. The van der Waals surface area contributed by atoms with E-state index in [1.54, 1.807) is 24.3 Å². The van der Waals surface area contributed by atoms with Crippen LogP contribution in [0.5, 0.6) is 0 Å². The van der Waals surface area contributed by atoms with Crippen molar-refractivity contribution in [3.63, 3.8) is 0 Å². The van der Waals surface area contributed by atoms with Gasteiger partial charge in [0.25, 0.3) is 0 Å². The van der Waals surface area contributed by atoms with Crippen LogP contribution in [0.4, 0.5) is 10.5 Å². The Labute approximate surface area is 106 Å². The van der Waals surface area contributed by atoms with Gasteiger partial charge in [-0.3, -0.25) is 9.69 Å². The lowest BCUT2D eigenvalue weighted by atomic mass is 10.1. The number of amides is 1. The molecule has 1 heterocycles. The zero-order chi connectivity index (χ0) is 13.1. The summed E-state index contributed by atoms with van der Waals surface area (Å²) in [5.41, 5.74) is 6.74. The smallest absolute Gasteiger partial charge is 0.414 e. The molecule has 1 amide bonds. The van der Waals surface area contributed by atoms with Crippen LogP contribution in [0.2, 0.25) is 0 Å². The maximum Gasteiger partial charge on any atom is 0.414 e. The second-order valence-corrected chi connectivity index (χ2v) is 4.29. The first-order valence-corrected chi connectivity index (χ1v) is 5.91. The fraction of sp³-hybridized carbons (Fsp3) is 0.385. The third kappa shape index (κ3) is 2.51. The van der Waals surface area contributed by atoms with Crippen molar-refractivity contribution in [1.82, 2.24) is 0 Å². The maximum atomic E-state index is 11.8. The Hall–Kier alpha value is -1.88. The van der Waals surface area contributed by atoms with Crippen molar-refractivity contribution in [1.29, 1.82) is 0 Å². The quantitative estimate of drug-likeness (QED) is 0.824. The molecule has 1 saturated heterocycles. The molecule has 1 aromatic rings. The van der Waals surface area contributed by atoms with Gasteiger partial charge in [-0.15, -0.1) is 0 Å². The number of cyclic esters (lactones) is 1. The summed E-state index contributed by atoms with van der Waals surface area (Å²) in [5, 5.41) is 0. The average Bonchev–Trinajstić information content (AvgIpc) is 2.38. The summed E-state index contributed by atoms with van der Waals surface area (Å²) < 4.78 is 5.18. The van der Waals surface area contributed by atoms with E-state index >= 15 is 0 Å². The minimum Gasteiger partial charge on any atom is -0.444 e. The first kappa shape index (κ1) is 12.6. The van der Waals surface area contributed by atoms with Crippen LogP contribution in [-0.2, 0) is 4.74 Å². The molecule has 1 aliphatic heterocycles. The second-order valence-electron chi connectivity index (χ2n) is 4.29. The molecular formula is C13H16N2O3. The van der Waals surface area contributed by atoms with Crippen molar-refractivity contribution < 1.29 is 14.3 Å². The molecule has 2 rings (SSSR count). The minimum absolute atomic E-state index is 0.0259. The van der Waals surface area contributed by atoms with Crippen molar-refractivity contribution in [2.24, 2.45) is 5.73 Å². The van der Waals surface area contributed by atoms with Crippen LogP contribution >= 0.6 is 0 Å². The number of hydrogen-bond acceptors (Lipinski definition) is 4. The first-order chi connectivity index (χ1) is 8.61. The number of nitrogens with zero attached hydrogens (tertiary/aromatic N) is 1. The van der Waals surface area contributed by atoms with E-state index in [4.69, 9.17) is 10.5 Å². The van der Waals surface area contributed by atoms with E-state index in [-0.39, 0.29) is 11.9 Å². The Morgan fingerprint density at radius 1 is 1.56 bits per heavy atom. The number of hydrogen-bond donors (Lipinski definition) is 1. The highest BCUT2D eigenvalue weighted by Gasteiger charge is 2.27. The van der Waals surface area contributed by atoms with Gasteiger partial charge in [-0.05, 0) is 19.1 Å². The third-order valence-corrected chi connectivity index (χ3v) is 2.99. The molecule has 96 valence electrons. The number of benzene rings is 1. The van der Waals surface area contributed by atoms with Crippen molar-refractivity contribution in [2.75, 3.05) is 18.0 Å². The summed E-state index contributed by atoms with van der Waals surface area (Å²) in [5.74, 6) is -0.0259. The number of carbonyl (C=O) groups excluding carboxylic acids is 2. The molecule has 1 unspecified atom stereocenters. The molecule has 2 N–H and O–H groups in total. The number of Topliss-reactive ketones (excluding diaryl/α,β-unsaturated/α-hetero) is 1. The topological polar surface area (TPSA) is 72.6 Å². The lowest BCUT2D eigenvalue weighted by Gasteiger charge is -2.31. The zero-order valence-electron chi connectivity index (χ0n) is 10.3. The molecule has 0 aliphatic carbocycles. The Kier molecular flexibility index (Phi) is 3.62. The van der Waals surface area contributed by atoms with Crippen LogP contribution in [0.3, 0.4) is 0 Å². The Morgan fingerprint density at radius 2 is 2.33 bits per heavy atom. The van der Waals surface area contributed by atoms with Gasteiger partial charge in [0.15, 0.2) is 5.78 Å². The second kappa shape index (κ2) is 5.18. The van der Waals surface area contributed by atoms with Gasteiger partial charge in [0, 0.05) is 30.8 Å². The molecule has 0 aromatic heterocycles. The Bertz CT molecular complexity index is 473. The van der Waals surface area contributed by atoms with E-state index in [1.807, 2.05) is 0 Å². The summed E-state index contributed by atoms with van der Waals surface area (Å²) >= 11 is 0. The van der Waals surface area contributed by atoms with Crippen LogP contribution < -0.4 is 10.6 Å².